The summed E-state index contributed by atoms with van der Waals surface area (Å²) in [5.74, 6) is -1.27. The van der Waals surface area contributed by atoms with E-state index < -0.39 is 11.9 Å². The van der Waals surface area contributed by atoms with Crippen molar-refractivity contribution in [1.82, 2.24) is 9.78 Å². The molecule has 0 spiro atoms. The molecule has 0 saturated heterocycles. The first kappa shape index (κ1) is 20.5. The molecule has 1 amide bonds. The first-order chi connectivity index (χ1) is 13.8. The predicted octanol–water partition coefficient (Wildman–Crippen LogP) is 4.38. The van der Waals surface area contributed by atoms with Crippen molar-refractivity contribution in [2.24, 2.45) is 0 Å². The van der Waals surface area contributed by atoms with Crippen LogP contribution in [0.2, 0.25) is 5.15 Å². The molecule has 3 aromatic rings. The van der Waals surface area contributed by atoms with E-state index in [1.807, 2.05) is 6.92 Å². The van der Waals surface area contributed by atoms with Crippen molar-refractivity contribution in [2.75, 3.05) is 12.4 Å². The van der Waals surface area contributed by atoms with Gasteiger partial charge in [0.2, 0.25) is 0 Å². The van der Waals surface area contributed by atoms with E-state index in [1.165, 1.54) is 23.9 Å². The van der Waals surface area contributed by atoms with Crippen LogP contribution in [0.4, 0.5) is 10.1 Å². The molecule has 0 bridgehead atoms. The molecule has 0 saturated carbocycles. The van der Waals surface area contributed by atoms with Gasteiger partial charge in [-0.3, -0.25) is 4.79 Å². The first-order valence-corrected chi connectivity index (χ1v) is 9.15. The fourth-order valence-corrected chi connectivity index (χ4v) is 3.19. The Morgan fingerprint density at radius 3 is 2.52 bits per heavy atom. The number of anilines is 1. The summed E-state index contributed by atoms with van der Waals surface area (Å²) >= 11 is 6.41. The minimum atomic E-state index is -0.498. The number of benzene rings is 2. The standard InChI is InChI=1S/C21H19ClFN3O3/c1-12-4-7-15(21(28)29-3)10-17(12)24-20(27)18-13(2)25-26(19(18)22)11-14-5-8-16(23)9-6-14/h4-10H,11H2,1-3H3,(H,24,27). The van der Waals surface area contributed by atoms with E-state index in [0.29, 0.717) is 23.5 Å². The minimum absolute atomic E-state index is 0.172. The number of carbonyl (C=O) groups is 2. The average molecular weight is 416 g/mol. The lowest BCUT2D eigenvalue weighted by Crippen LogP contribution is -2.15. The Morgan fingerprint density at radius 1 is 1.17 bits per heavy atom. The Bertz CT molecular complexity index is 1080. The number of hydrogen-bond acceptors (Lipinski definition) is 4. The molecule has 0 atom stereocenters. The zero-order valence-electron chi connectivity index (χ0n) is 16.1. The van der Waals surface area contributed by atoms with Crippen LogP contribution in [0, 0.1) is 19.7 Å². The number of amides is 1. The number of nitrogens with zero attached hydrogens (tertiary/aromatic N) is 2. The van der Waals surface area contributed by atoms with Crippen LogP contribution >= 0.6 is 11.6 Å². The summed E-state index contributed by atoms with van der Waals surface area (Å²) in [4.78, 5) is 24.6. The highest BCUT2D eigenvalue weighted by Crippen LogP contribution is 2.24. The third-order valence-electron chi connectivity index (χ3n) is 4.44. The molecule has 0 unspecified atom stereocenters. The summed E-state index contributed by atoms with van der Waals surface area (Å²) in [5, 5.41) is 7.28. The van der Waals surface area contributed by atoms with E-state index in [9.17, 15) is 14.0 Å². The molecule has 1 aromatic heterocycles. The molecule has 3 rings (SSSR count). The van der Waals surface area contributed by atoms with E-state index >= 15 is 0 Å². The lowest BCUT2D eigenvalue weighted by molar-refractivity contribution is 0.0600. The SMILES string of the molecule is COC(=O)c1ccc(C)c(NC(=O)c2c(C)nn(Cc3ccc(F)cc3)c2Cl)c1. The van der Waals surface area contributed by atoms with Gasteiger partial charge in [0.1, 0.15) is 11.0 Å². The molecule has 0 aliphatic heterocycles. The van der Waals surface area contributed by atoms with Crippen molar-refractivity contribution in [3.05, 3.63) is 81.4 Å². The Balaban J connectivity index is 1.86. The van der Waals surface area contributed by atoms with Gasteiger partial charge in [-0.2, -0.15) is 5.10 Å². The van der Waals surface area contributed by atoms with Crippen molar-refractivity contribution in [3.63, 3.8) is 0 Å². The van der Waals surface area contributed by atoms with E-state index in [4.69, 9.17) is 16.3 Å². The zero-order chi connectivity index (χ0) is 21.1. The fraction of sp³-hybridized carbons (Fsp3) is 0.190. The van der Waals surface area contributed by atoms with Crippen LogP contribution in [0.1, 0.15) is 37.5 Å². The quantitative estimate of drug-likeness (QED) is 0.627. The highest BCUT2D eigenvalue weighted by atomic mass is 35.5. The van der Waals surface area contributed by atoms with Crippen molar-refractivity contribution in [1.29, 1.82) is 0 Å². The molecule has 0 radical (unpaired) electrons. The third kappa shape index (κ3) is 4.46. The zero-order valence-corrected chi connectivity index (χ0v) is 16.9. The van der Waals surface area contributed by atoms with E-state index in [2.05, 4.69) is 10.4 Å². The van der Waals surface area contributed by atoms with Crippen LogP contribution in [0.3, 0.4) is 0 Å². The van der Waals surface area contributed by atoms with E-state index in [-0.39, 0.29) is 16.5 Å². The lowest BCUT2D eigenvalue weighted by atomic mass is 10.1. The normalized spacial score (nSPS) is 10.7. The van der Waals surface area contributed by atoms with Gasteiger partial charge in [0.25, 0.3) is 5.91 Å². The molecule has 0 aliphatic rings. The summed E-state index contributed by atoms with van der Waals surface area (Å²) in [6.45, 7) is 3.78. The van der Waals surface area contributed by atoms with Crippen LogP contribution in [0.5, 0.6) is 0 Å². The fourth-order valence-electron chi connectivity index (χ4n) is 2.87. The monoisotopic (exact) mass is 415 g/mol. The van der Waals surface area contributed by atoms with Gasteiger partial charge in [-0.15, -0.1) is 0 Å². The summed E-state index contributed by atoms with van der Waals surface area (Å²) in [6, 6.07) is 10.8. The number of aromatic nitrogens is 2. The molecule has 150 valence electrons. The van der Waals surface area contributed by atoms with Crippen LogP contribution in [-0.4, -0.2) is 28.8 Å². The van der Waals surface area contributed by atoms with Gasteiger partial charge < -0.3 is 10.1 Å². The van der Waals surface area contributed by atoms with Crippen LogP contribution in [-0.2, 0) is 11.3 Å². The summed E-state index contributed by atoms with van der Waals surface area (Å²) in [7, 11) is 1.29. The molecule has 8 heteroatoms. The van der Waals surface area contributed by atoms with Crippen LogP contribution < -0.4 is 5.32 Å². The number of halogens is 2. The molecule has 29 heavy (non-hydrogen) atoms. The Hall–Kier alpha value is -3.19. The minimum Gasteiger partial charge on any atom is -0.465 e. The number of hydrogen-bond donors (Lipinski definition) is 1. The molecule has 1 N–H and O–H groups in total. The Kier molecular flexibility index (Phi) is 5.98. The number of ether oxygens (including phenoxy) is 1. The van der Waals surface area contributed by atoms with Gasteiger partial charge in [0.05, 0.1) is 30.5 Å². The number of aryl methyl sites for hydroxylation is 2. The second-order valence-electron chi connectivity index (χ2n) is 6.51. The third-order valence-corrected chi connectivity index (χ3v) is 4.83. The van der Waals surface area contributed by atoms with Gasteiger partial charge in [0.15, 0.2) is 0 Å². The van der Waals surface area contributed by atoms with E-state index in [1.54, 1.807) is 37.3 Å². The number of rotatable bonds is 5. The van der Waals surface area contributed by atoms with Crippen molar-refractivity contribution in [3.8, 4) is 0 Å². The summed E-state index contributed by atoms with van der Waals surface area (Å²) in [5.41, 5.74) is 3.05. The average Bonchev–Trinajstić information content (AvgIpc) is 2.97. The van der Waals surface area contributed by atoms with E-state index in [0.717, 1.165) is 11.1 Å². The molecular formula is C21H19ClFN3O3. The Labute approximate surface area is 172 Å². The molecular weight excluding hydrogens is 397 g/mol. The van der Waals surface area contributed by atoms with Gasteiger partial charge in [-0.05, 0) is 49.2 Å². The Morgan fingerprint density at radius 2 is 1.86 bits per heavy atom. The molecule has 1 heterocycles. The largest absolute Gasteiger partial charge is 0.465 e. The highest BCUT2D eigenvalue weighted by Gasteiger charge is 2.21. The van der Waals surface area contributed by atoms with Gasteiger partial charge in [-0.1, -0.05) is 29.8 Å². The van der Waals surface area contributed by atoms with Gasteiger partial charge >= 0.3 is 5.97 Å². The maximum Gasteiger partial charge on any atom is 0.337 e. The maximum absolute atomic E-state index is 13.1. The second kappa shape index (κ2) is 8.45. The number of carbonyl (C=O) groups excluding carboxylic acids is 2. The number of methoxy groups -OCH3 is 1. The molecule has 2 aromatic carbocycles. The van der Waals surface area contributed by atoms with Crippen molar-refractivity contribution >= 4 is 29.2 Å². The van der Waals surface area contributed by atoms with Crippen molar-refractivity contribution in [2.45, 2.75) is 20.4 Å². The van der Waals surface area contributed by atoms with Gasteiger partial charge in [-0.25, -0.2) is 13.9 Å². The molecule has 0 aliphatic carbocycles. The smallest absolute Gasteiger partial charge is 0.337 e. The highest BCUT2D eigenvalue weighted by molar-refractivity contribution is 6.33. The predicted molar refractivity (Wildman–Crippen MR) is 108 cm³/mol. The lowest BCUT2D eigenvalue weighted by Gasteiger charge is -2.10. The summed E-state index contributed by atoms with van der Waals surface area (Å²) in [6.07, 6.45) is 0. The summed E-state index contributed by atoms with van der Waals surface area (Å²) < 4.78 is 19.3. The van der Waals surface area contributed by atoms with Crippen molar-refractivity contribution < 1.29 is 18.7 Å². The van der Waals surface area contributed by atoms with Crippen LogP contribution in [0.25, 0.3) is 0 Å². The topological polar surface area (TPSA) is 73.2 Å². The maximum atomic E-state index is 13.1. The van der Waals surface area contributed by atoms with Gasteiger partial charge in [0, 0.05) is 5.69 Å². The van der Waals surface area contributed by atoms with Crippen LogP contribution in [0.15, 0.2) is 42.5 Å². The number of nitrogens with one attached hydrogen (secondary N) is 1. The first-order valence-electron chi connectivity index (χ1n) is 8.77. The molecule has 6 nitrogen and oxygen atoms in total. The second-order valence-corrected chi connectivity index (χ2v) is 6.87. The number of esters is 1. The molecule has 0 fully saturated rings.